The number of likely N-dealkylation sites (tertiary alicyclic amines) is 1. The number of rotatable bonds is 5. The Hall–Kier alpha value is -2.53. The standard InChI is InChI=1S/C21H22FN3O/c1-15-9-10-17(13-19(15)22)21-23-20(26-24-21)14-25-11-5-8-18(25)12-16-6-3-2-4-7-16/h2-4,6-7,9-10,13,18H,5,8,11-12,14H2,1H3. The van der Waals surface area contributed by atoms with E-state index in [0.29, 0.717) is 35.4 Å². The van der Waals surface area contributed by atoms with Crippen molar-refractivity contribution in [3.8, 4) is 11.4 Å². The first-order chi connectivity index (χ1) is 12.7. The van der Waals surface area contributed by atoms with E-state index in [-0.39, 0.29) is 5.82 Å². The van der Waals surface area contributed by atoms with Crippen LogP contribution in [0.3, 0.4) is 0 Å². The molecule has 0 spiro atoms. The van der Waals surface area contributed by atoms with Crippen molar-refractivity contribution in [2.24, 2.45) is 0 Å². The molecule has 2 heterocycles. The third kappa shape index (κ3) is 3.68. The highest BCUT2D eigenvalue weighted by molar-refractivity contribution is 5.54. The minimum Gasteiger partial charge on any atom is -0.338 e. The molecule has 26 heavy (non-hydrogen) atoms. The second-order valence-corrected chi connectivity index (χ2v) is 6.93. The number of aromatic nitrogens is 2. The Labute approximate surface area is 152 Å². The summed E-state index contributed by atoms with van der Waals surface area (Å²) in [7, 11) is 0. The zero-order valence-electron chi connectivity index (χ0n) is 14.9. The molecule has 1 fully saturated rings. The summed E-state index contributed by atoms with van der Waals surface area (Å²) in [6, 6.07) is 16.1. The smallest absolute Gasteiger partial charge is 0.241 e. The summed E-state index contributed by atoms with van der Waals surface area (Å²) in [5, 5.41) is 4.03. The topological polar surface area (TPSA) is 42.2 Å². The van der Waals surface area contributed by atoms with Crippen LogP contribution in [0.4, 0.5) is 4.39 Å². The van der Waals surface area contributed by atoms with Crippen LogP contribution in [0.1, 0.15) is 29.9 Å². The second-order valence-electron chi connectivity index (χ2n) is 6.93. The van der Waals surface area contributed by atoms with E-state index in [9.17, 15) is 4.39 Å². The van der Waals surface area contributed by atoms with Gasteiger partial charge in [-0.05, 0) is 49.9 Å². The lowest BCUT2D eigenvalue weighted by atomic mass is 10.0. The predicted octanol–water partition coefficient (Wildman–Crippen LogP) is 4.39. The fourth-order valence-electron chi connectivity index (χ4n) is 3.56. The molecule has 0 amide bonds. The van der Waals surface area contributed by atoms with Crippen molar-refractivity contribution in [2.45, 2.75) is 38.8 Å². The summed E-state index contributed by atoms with van der Waals surface area (Å²) in [5.74, 6) is 0.773. The van der Waals surface area contributed by atoms with E-state index < -0.39 is 0 Å². The molecule has 1 aromatic heterocycles. The number of nitrogens with zero attached hydrogens (tertiary/aromatic N) is 3. The van der Waals surface area contributed by atoms with Gasteiger partial charge in [-0.2, -0.15) is 4.98 Å². The maximum absolute atomic E-state index is 13.8. The molecule has 0 bridgehead atoms. The van der Waals surface area contributed by atoms with Crippen LogP contribution in [0, 0.1) is 12.7 Å². The van der Waals surface area contributed by atoms with Gasteiger partial charge in [0.1, 0.15) is 5.82 Å². The molecule has 2 aromatic carbocycles. The van der Waals surface area contributed by atoms with Crippen LogP contribution in [-0.4, -0.2) is 27.6 Å². The molecule has 0 saturated carbocycles. The highest BCUT2D eigenvalue weighted by atomic mass is 19.1. The molecule has 0 radical (unpaired) electrons. The number of aryl methyl sites for hydroxylation is 1. The van der Waals surface area contributed by atoms with Gasteiger partial charge in [-0.3, -0.25) is 4.90 Å². The molecule has 134 valence electrons. The third-order valence-corrected chi connectivity index (χ3v) is 5.05. The zero-order valence-corrected chi connectivity index (χ0v) is 14.9. The molecule has 1 aliphatic rings. The van der Waals surface area contributed by atoms with Gasteiger partial charge in [0, 0.05) is 11.6 Å². The van der Waals surface area contributed by atoms with Crippen molar-refractivity contribution >= 4 is 0 Å². The lowest BCUT2D eigenvalue weighted by Gasteiger charge is -2.22. The molecule has 4 nitrogen and oxygen atoms in total. The number of hydrogen-bond donors (Lipinski definition) is 0. The van der Waals surface area contributed by atoms with E-state index in [4.69, 9.17) is 4.52 Å². The zero-order chi connectivity index (χ0) is 17.9. The highest BCUT2D eigenvalue weighted by Crippen LogP contribution is 2.24. The Morgan fingerprint density at radius 1 is 1.19 bits per heavy atom. The first kappa shape index (κ1) is 16.9. The Kier molecular flexibility index (Phi) is 4.80. The van der Waals surface area contributed by atoms with Gasteiger partial charge in [0.2, 0.25) is 11.7 Å². The van der Waals surface area contributed by atoms with Crippen molar-refractivity contribution in [2.75, 3.05) is 6.54 Å². The Morgan fingerprint density at radius 2 is 2.04 bits per heavy atom. The molecule has 1 unspecified atom stereocenters. The maximum Gasteiger partial charge on any atom is 0.241 e. The van der Waals surface area contributed by atoms with Crippen molar-refractivity contribution in [1.82, 2.24) is 15.0 Å². The van der Waals surface area contributed by atoms with Gasteiger partial charge in [-0.25, -0.2) is 4.39 Å². The molecule has 1 aliphatic heterocycles. The van der Waals surface area contributed by atoms with E-state index in [2.05, 4.69) is 39.3 Å². The largest absolute Gasteiger partial charge is 0.338 e. The molecule has 4 rings (SSSR count). The first-order valence-electron chi connectivity index (χ1n) is 9.06. The van der Waals surface area contributed by atoms with Crippen LogP contribution < -0.4 is 0 Å². The van der Waals surface area contributed by atoms with E-state index in [0.717, 1.165) is 13.0 Å². The van der Waals surface area contributed by atoms with Crippen LogP contribution in [0.2, 0.25) is 0 Å². The van der Waals surface area contributed by atoms with Crippen LogP contribution >= 0.6 is 0 Å². The van der Waals surface area contributed by atoms with Crippen LogP contribution in [0.15, 0.2) is 53.1 Å². The quantitative estimate of drug-likeness (QED) is 0.684. The number of halogens is 1. The molecule has 5 heteroatoms. The summed E-state index contributed by atoms with van der Waals surface area (Å²) in [4.78, 5) is 6.87. The normalized spacial score (nSPS) is 17.7. The Balaban J connectivity index is 1.45. The summed E-state index contributed by atoms with van der Waals surface area (Å²) in [6.07, 6.45) is 3.39. The van der Waals surface area contributed by atoms with Gasteiger partial charge in [-0.1, -0.05) is 47.6 Å². The Morgan fingerprint density at radius 3 is 2.85 bits per heavy atom. The summed E-state index contributed by atoms with van der Waals surface area (Å²) < 4.78 is 19.2. The lowest BCUT2D eigenvalue weighted by Crippen LogP contribution is -2.30. The molecule has 1 saturated heterocycles. The van der Waals surface area contributed by atoms with Crippen molar-refractivity contribution in [1.29, 1.82) is 0 Å². The van der Waals surface area contributed by atoms with E-state index >= 15 is 0 Å². The van der Waals surface area contributed by atoms with Gasteiger partial charge in [0.15, 0.2) is 0 Å². The van der Waals surface area contributed by atoms with Crippen LogP contribution in [0.25, 0.3) is 11.4 Å². The molecule has 0 aliphatic carbocycles. The molecule has 1 atom stereocenters. The maximum atomic E-state index is 13.8. The SMILES string of the molecule is Cc1ccc(-c2noc(CN3CCCC3Cc3ccccc3)n2)cc1F. The summed E-state index contributed by atoms with van der Waals surface area (Å²) >= 11 is 0. The predicted molar refractivity (Wildman–Crippen MR) is 98.0 cm³/mol. The van der Waals surface area contributed by atoms with Gasteiger partial charge >= 0.3 is 0 Å². The molecular weight excluding hydrogens is 329 g/mol. The second kappa shape index (κ2) is 7.38. The van der Waals surface area contributed by atoms with Crippen molar-refractivity contribution in [3.63, 3.8) is 0 Å². The molecular formula is C21H22FN3O. The molecule has 0 N–H and O–H groups in total. The van der Waals surface area contributed by atoms with Crippen molar-refractivity contribution in [3.05, 3.63) is 71.4 Å². The number of hydrogen-bond acceptors (Lipinski definition) is 4. The molecule has 3 aromatic rings. The van der Waals surface area contributed by atoms with Gasteiger partial charge in [0.25, 0.3) is 0 Å². The van der Waals surface area contributed by atoms with Crippen LogP contribution in [0.5, 0.6) is 0 Å². The minimum atomic E-state index is -0.253. The van der Waals surface area contributed by atoms with Gasteiger partial charge in [0.05, 0.1) is 6.54 Å². The van der Waals surface area contributed by atoms with E-state index in [1.165, 1.54) is 24.5 Å². The van der Waals surface area contributed by atoms with Gasteiger partial charge in [-0.15, -0.1) is 0 Å². The van der Waals surface area contributed by atoms with Crippen molar-refractivity contribution < 1.29 is 8.91 Å². The summed E-state index contributed by atoms with van der Waals surface area (Å²) in [6.45, 7) is 3.41. The summed E-state index contributed by atoms with van der Waals surface area (Å²) in [5.41, 5.74) is 2.61. The first-order valence-corrected chi connectivity index (χ1v) is 9.06. The monoisotopic (exact) mass is 351 g/mol. The third-order valence-electron chi connectivity index (χ3n) is 5.05. The Bertz CT molecular complexity index is 878. The van der Waals surface area contributed by atoms with E-state index in [1.807, 2.05) is 12.1 Å². The fourth-order valence-corrected chi connectivity index (χ4v) is 3.56. The average Bonchev–Trinajstić information content (AvgIpc) is 3.29. The fraction of sp³-hybridized carbons (Fsp3) is 0.333. The van der Waals surface area contributed by atoms with Gasteiger partial charge < -0.3 is 4.52 Å². The highest BCUT2D eigenvalue weighted by Gasteiger charge is 2.26. The lowest BCUT2D eigenvalue weighted by molar-refractivity contribution is 0.210. The minimum absolute atomic E-state index is 0.253. The number of benzene rings is 2. The average molecular weight is 351 g/mol. The van der Waals surface area contributed by atoms with Crippen LogP contribution in [-0.2, 0) is 13.0 Å². The van der Waals surface area contributed by atoms with E-state index in [1.54, 1.807) is 13.0 Å².